The molecule has 28 heteroatoms. The number of thioether (sulfide) groups is 1. The number of phosphoric ester groups is 3. The highest BCUT2D eigenvalue weighted by atomic mass is 32.2. The van der Waals surface area contributed by atoms with E-state index in [0.717, 1.165) is 48.2 Å². The number of hydrogen-bond acceptors (Lipinski definition) is 18. The van der Waals surface area contributed by atoms with Crippen LogP contribution in [0.1, 0.15) is 66.0 Å². The third-order valence-corrected chi connectivity index (χ3v) is 12.3. The van der Waals surface area contributed by atoms with Gasteiger partial charge in [-0.3, -0.25) is 32.5 Å². The topological polar surface area (TPSA) is 364 Å². The molecule has 1 aliphatic heterocycles. The van der Waals surface area contributed by atoms with Crippen LogP contribution in [-0.2, 0) is 50.7 Å². The zero-order valence-corrected chi connectivity index (χ0v) is 36.1. The second-order valence-corrected chi connectivity index (χ2v) is 19.6. The third-order valence-electron chi connectivity index (χ3n) is 8.29. The molecule has 7 atom stereocenters. The molecule has 3 rings (SSSR count). The number of nitrogens with two attached hydrogens (primary N) is 1. The molecule has 10 N–H and O–H groups in total. The monoisotopic (exact) mass is 919 g/mol. The Balaban J connectivity index is 1.43. The number of anilines is 1. The molecule has 334 valence electrons. The number of aliphatic hydroxyl groups excluding tert-OH is 2. The molecule has 0 radical (unpaired) electrons. The lowest BCUT2D eigenvalue weighted by atomic mass is 9.87. The van der Waals surface area contributed by atoms with Crippen molar-refractivity contribution >= 4 is 69.1 Å². The van der Waals surface area contributed by atoms with Crippen molar-refractivity contribution in [3.63, 3.8) is 0 Å². The normalized spacial score (nSPS) is 21.4. The minimum absolute atomic E-state index is 0.0314. The average Bonchev–Trinajstić information content (AvgIpc) is 3.69. The number of hydrogen-bond donors (Lipinski definition) is 9. The van der Waals surface area contributed by atoms with Crippen molar-refractivity contribution in [2.45, 2.75) is 90.4 Å². The predicted octanol–water partition coefficient (Wildman–Crippen LogP) is 1.44. The van der Waals surface area contributed by atoms with E-state index in [9.17, 15) is 57.9 Å². The van der Waals surface area contributed by atoms with Crippen molar-refractivity contribution in [3.8, 4) is 0 Å². The van der Waals surface area contributed by atoms with Gasteiger partial charge in [-0.05, 0) is 25.2 Å². The number of amides is 2. The van der Waals surface area contributed by atoms with Crippen LogP contribution in [0, 0.1) is 11.3 Å². The number of carbonyl (C=O) groups excluding carboxylic acids is 3. The second-order valence-electron chi connectivity index (χ2n) is 14.2. The van der Waals surface area contributed by atoms with Crippen LogP contribution in [0.4, 0.5) is 5.82 Å². The van der Waals surface area contributed by atoms with Crippen LogP contribution in [0.5, 0.6) is 0 Å². The first kappa shape index (κ1) is 50.7. The summed E-state index contributed by atoms with van der Waals surface area (Å²) in [6.07, 6.45) is 0.373. The number of unbranched alkanes of at least 4 members (excludes halogenated alkanes) is 2. The Hall–Kier alpha value is -2.70. The van der Waals surface area contributed by atoms with Crippen LogP contribution in [0.25, 0.3) is 11.2 Å². The minimum Gasteiger partial charge on any atom is -0.386 e. The number of carbonyl (C=O) groups is 3. The van der Waals surface area contributed by atoms with E-state index in [1.54, 1.807) is 0 Å². The van der Waals surface area contributed by atoms with Gasteiger partial charge in [0.1, 0.15) is 36.3 Å². The predicted molar refractivity (Wildman–Crippen MR) is 210 cm³/mol. The molecular formula is C31H52N7O17P3S. The fourth-order valence-electron chi connectivity index (χ4n) is 5.27. The average molecular weight is 920 g/mol. The highest BCUT2D eigenvalue weighted by Crippen LogP contribution is 2.61. The van der Waals surface area contributed by atoms with Crippen molar-refractivity contribution in [3.05, 3.63) is 24.8 Å². The fourth-order valence-corrected chi connectivity index (χ4v) is 8.82. The second kappa shape index (κ2) is 22.4. The Labute approximate surface area is 343 Å². The molecule has 24 nitrogen and oxygen atoms in total. The van der Waals surface area contributed by atoms with Gasteiger partial charge in [0.15, 0.2) is 22.8 Å². The van der Waals surface area contributed by atoms with Crippen LogP contribution in [0.3, 0.4) is 0 Å². The van der Waals surface area contributed by atoms with E-state index >= 15 is 0 Å². The molecule has 0 aliphatic carbocycles. The number of nitrogens with one attached hydrogen (secondary N) is 2. The van der Waals surface area contributed by atoms with Gasteiger partial charge in [0, 0.05) is 37.1 Å². The van der Waals surface area contributed by atoms with Gasteiger partial charge in [-0.2, -0.15) is 4.31 Å². The van der Waals surface area contributed by atoms with Gasteiger partial charge in [-0.25, -0.2) is 28.6 Å². The van der Waals surface area contributed by atoms with Gasteiger partial charge in [0.05, 0.1) is 19.5 Å². The van der Waals surface area contributed by atoms with Gasteiger partial charge >= 0.3 is 23.5 Å². The summed E-state index contributed by atoms with van der Waals surface area (Å²) in [5.41, 5.74) is 4.27. The molecule has 1 fully saturated rings. The zero-order chi connectivity index (χ0) is 44.2. The summed E-state index contributed by atoms with van der Waals surface area (Å²) in [7, 11) is -16.4. The lowest BCUT2D eigenvalue weighted by Crippen LogP contribution is -2.46. The Bertz CT molecular complexity index is 1910. The van der Waals surface area contributed by atoms with E-state index in [1.165, 1.54) is 13.8 Å². The Kier molecular flexibility index (Phi) is 19.2. The van der Waals surface area contributed by atoms with Gasteiger partial charge < -0.3 is 50.9 Å². The van der Waals surface area contributed by atoms with Crippen molar-refractivity contribution in [2.75, 3.05) is 37.8 Å². The number of fused-ring (bicyclic) bond motifs is 1. The van der Waals surface area contributed by atoms with Crippen LogP contribution in [0.2, 0.25) is 0 Å². The SMILES string of the molecule is CC(C)C=CCCCCC(=O)SCCNC(=O)CCNC(=O)C(O)C(C)(C)COP(=O)(O)OP(=O)(O)OC[C@H]1O[C@@H](n2cnc3c(N)ncnc32)[C@H](O)[C@@H]1OP(=O)(O)O. The molecule has 2 aromatic rings. The summed E-state index contributed by atoms with van der Waals surface area (Å²) >= 11 is 1.12. The van der Waals surface area contributed by atoms with E-state index in [4.69, 9.17) is 19.5 Å². The minimum atomic E-state index is -5.57. The number of aliphatic hydroxyl groups is 2. The van der Waals surface area contributed by atoms with E-state index in [-0.39, 0.29) is 41.6 Å². The Morgan fingerprint density at radius 2 is 1.73 bits per heavy atom. The molecule has 0 saturated carbocycles. The van der Waals surface area contributed by atoms with Crippen LogP contribution >= 0.6 is 35.2 Å². The van der Waals surface area contributed by atoms with Crippen molar-refractivity contribution < 1.29 is 80.5 Å². The summed E-state index contributed by atoms with van der Waals surface area (Å²) in [5, 5.41) is 26.5. The Morgan fingerprint density at radius 3 is 2.41 bits per heavy atom. The summed E-state index contributed by atoms with van der Waals surface area (Å²) in [4.78, 5) is 87.8. The van der Waals surface area contributed by atoms with E-state index in [0.29, 0.717) is 18.1 Å². The molecule has 0 bridgehead atoms. The van der Waals surface area contributed by atoms with E-state index in [1.807, 2.05) is 0 Å². The van der Waals surface area contributed by atoms with Crippen molar-refractivity contribution in [1.29, 1.82) is 0 Å². The maximum absolute atomic E-state index is 12.7. The quantitative estimate of drug-likeness (QED) is 0.0386. The highest BCUT2D eigenvalue weighted by Gasteiger charge is 2.50. The van der Waals surface area contributed by atoms with Gasteiger partial charge in [0.25, 0.3) is 0 Å². The number of allylic oxidation sites excluding steroid dienone is 2. The number of nitrogens with zero attached hydrogens (tertiary/aromatic N) is 4. The lowest BCUT2D eigenvalue weighted by Gasteiger charge is -2.30. The van der Waals surface area contributed by atoms with E-state index < -0.39 is 84.6 Å². The highest BCUT2D eigenvalue weighted by molar-refractivity contribution is 8.13. The van der Waals surface area contributed by atoms with Crippen LogP contribution in [0.15, 0.2) is 24.8 Å². The fraction of sp³-hybridized carbons (Fsp3) is 0.677. The molecule has 1 saturated heterocycles. The maximum Gasteiger partial charge on any atom is 0.481 e. The molecule has 1 aliphatic rings. The number of phosphoric acid groups is 3. The van der Waals surface area contributed by atoms with Crippen LogP contribution < -0.4 is 16.4 Å². The molecule has 0 spiro atoms. The first-order valence-corrected chi connectivity index (χ1v) is 23.6. The maximum atomic E-state index is 12.7. The number of nitrogen functional groups attached to an aromatic ring is 1. The lowest BCUT2D eigenvalue weighted by molar-refractivity contribution is -0.137. The summed E-state index contributed by atoms with van der Waals surface area (Å²) in [6, 6.07) is 0. The first-order valence-electron chi connectivity index (χ1n) is 18.1. The molecular weight excluding hydrogens is 867 g/mol. The summed E-state index contributed by atoms with van der Waals surface area (Å²) < 4.78 is 62.2. The molecule has 3 unspecified atom stereocenters. The molecule has 3 heterocycles. The number of rotatable bonds is 25. The van der Waals surface area contributed by atoms with Gasteiger partial charge in [-0.1, -0.05) is 51.6 Å². The van der Waals surface area contributed by atoms with Crippen molar-refractivity contribution in [1.82, 2.24) is 30.2 Å². The number of aromatic nitrogens is 4. The molecule has 2 aromatic heterocycles. The smallest absolute Gasteiger partial charge is 0.386 e. The summed E-state index contributed by atoms with van der Waals surface area (Å²) in [6.45, 7) is 4.72. The first-order chi connectivity index (χ1) is 27.4. The zero-order valence-electron chi connectivity index (χ0n) is 32.6. The van der Waals surface area contributed by atoms with Gasteiger partial charge in [0.2, 0.25) is 11.8 Å². The largest absolute Gasteiger partial charge is 0.481 e. The molecule has 2 amide bonds. The van der Waals surface area contributed by atoms with Crippen LogP contribution in [-0.4, -0.2) is 123 Å². The Morgan fingerprint density at radius 1 is 1.03 bits per heavy atom. The third kappa shape index (κ3) is 16.9. The number of imidazole rings is 1. The van der Waals surface area contributed by atoms with Crippen molar-refractivity contribution in [2.24, 2.45) is 11.3 Å². The standard InChI is InChI=1S/C31H52N7O17P3S/c1-19(2)9-7-5-6-8-10-22(40)59-14-13-33-21(39)11-12-34-29(43)26(42)31(3,4)16-52-58(49,50)55-57(47,48)51-15-20-25(54-56(44,45)46)24(41)30(53-20)38-18-37-23-27(32)35-17-36-28(23)38/h7,9,17-20,24-26,30,41-42H,5-6,8,10-16H2,1-4H3,(H,33,39)(H,34,43)(H,47,48)(H,49,50)(H2,32,35,36)(H2,44,45,46)/t20-,24-,25-,26?,30-/m1/s1. The van der Waals surface area contributed by atoms with Gasteiger partial charge in [-0.15, -0.1) is 0 Å². The number of ether oxygens (including phenoxy) is 1. The van der Waals surface area contributed by atoms with E-state index in [2.05, 4.69) is 60.4 Å². The molecule has 0 aromatic carbocycles. The molecule has 59 heavy (non-hydrogen) atoms. The summed E-state index contributed by atoms with van der Waals surface area (Å²) in [5.74, 6) is -0.573.